The summed E-state index contributed by atoms with van der Waals surface area (Å²) in [6.45, 7) is 4.38. The first-order chi connectivity index (χ1) is 25.3. The van der Waals surface area contributed by atoms with Gasteiger partial charge in [0, 0.05) is 37.3 Å². The van der Waals surface area contributed by atoms with E-state index in [0.29, 0.717) is 30.0 Å². The van der Waals surface area contributed by atoms with Crippen LogP contribution in [0, 0.1) is 6.92 Å². The smallest absolute Gasteiger partial charge is 0.416 e. The molecule has 3 aromatic heterocycles. The minimum absolute atomic E-state index is 0.0243. The molecule has 0 atom stereocenters. The molecular formula is C35H33ClF3N9O5. The topological polar surface area (TPSA) is 160 Å². The normalized spacial score (nSPS) is 14.6. The molecule has 18 heteroatoms. The number of benzene rings is 2. The predicted molar refractivity (Wildman–Crippen MR) is 188 cm³/mol. The standard InChI is InChI=1S/C35H33ClF3N9O5/c1-3-25-29(45-11-13-46(14-12-45)32(51)28-30(50)19(2)40-18-41-28)33(52)48-34(43-31(44-48)22-6-4-8-26-21(22)7-5-15-53-26)47(25)17-27(49)42-24-10-9-20(16-23(24)36)35(37,38)39/h4,6,8-10,16,18,50H,3,5,7,11-15,17H2,1-2H3,(H,42,49). The third kappa shape index (κ3) is 6.71. The number of anilines is 2. The second-order valence-corrected chi connectivity index (χ2v) is 13.0. The third-order valence-electron chi connectivity index (χ3n) is 9.33. The molecule has 0 saturated carbocycles. The van der Waals surface area contributed by atoms with Gasteiger partial charge in [0.1, 0.15) is 24.3 Å². The van der Waals surface area contributed by atoms with Gasteiger partial charge in [-0.25, -0.2) is 9.97 Å². The molecule has 5 aromatic rings. The number of aromatic nitrogens is 6. The van der Waals surface area contributed by atoms with E-state index >= 15 is 0 Å². The van der Waals surface area contributed by atoms with Gasteiger partial charge in [-0.15, -0.1) is 5.10 Å². The van der Waals surface area contributed by atoms with Gasteiger partial charge in [-0.05, 0) is 50.5 Å². The molecule has 0 bridgehead atoms. The van der Waals surface area contributed by atoms with Crippen LogP contribution in [0.1, 0.15) is 46.3 Å². The molecule has 0 radical (unpaired) electrons. The number of amides is 2. The van der Waals surface area contributed by atoms with E-state index in [1.165, 1.54) is 11.2 Å². The Bertz CT molecular complexity index is 2320. The summed E-state index contributed by atoms with van der Waals surface area (Å²) < 4.78 is 48.3. The van der Waals surface area contributed by atoms with Gasteiger partial charge in [0.15, 0.2) is 17.3 Å². The van der Waals surface area contributed by atoms with Crippen molar-refractivity contribution in [3.05, 3.63) is 86.3 Å². The molecule has 53 heavy (non-hydrogen) atoms. The molecule has 5 heterocycles. The van der Waals surface area contributed by atoms with Gasteiger partial charge in [-0.2, -0.15) is 22.7 Å². The highest BCUT2D eigenvalue weighted by molar-refractivity contribution is 6.33. The number of nitrogens with one attached hydrogen (secondary N) is 1. The lowest BCUT2D eigenvalue weighted by Crippen LogP contribution is -2.51. The molecule has 2 aromatic carbocycles. The fraction of sp³-hybridized carbons (Fsp3) is 0.343. The lowest BCUT2D eigenvalue weighted by atomic mass is 9.99. The highest BCUT2D eigenvalue weighted by atomic mass is 35.5. The number of hydrogen-bond donors (Lipinski definition) is 2. The molecule has 7 rings (SSSR count). The molecule has 1 fully saturated rings. The first kappa shape index (κ1) is 35.7. The molecule has 0 unspecified atom stereocenters. The Kier molecular flexibility index (Phi) is 9.44. The van der Waals surface area contributed by atoms with E-state index in [0.717, 1.165) is 34.7 Å². The maximum atomic E-state index is 14.4. The number of aromatic hydroxyl groups is 1. The Morgan fingerprint density at radius 2 is 1.87 bits per heavy atom. The number of carbonyl (C=O) groups is 2. The summed E-state index contributed by atoms with van der Waals surface area (Å²) in [7, 11) is 0. The molecule has 276 valence electrons. The summed E-state index contributed by atoms with van der Waals surface area (Å²) in [6, 6.07) is 8.14. The van der Waals surface area contributed by atoms with E-state index in [9.17, 15) is 32.7 Å². The second-order valence-electron chi connectivity index (χ2n) is 12.6. The van der Waals surface area contributed by atoms with Gasteiger partial charge in [0.25, 0.3) is 11.5 Å². The van der Waals surface area contributed by atoms with Gasteiger partial charge >= 0.3 is 6.18 Å². The molecule has 1 saturated heterocycles. The van der Waals surface area contributed by atoms with Gasteiger partial charge < -0.3 is 29.5 Å². The number of carbonyl (C=O) groups excluding carboxylic acids is 2. The number of alkyl halides is 3. The summed E-state index contributed by atoms with van der Waals surface area (Å²) in [5.74, 6) is -0.390. The highest BCUT2D eigenvalue weighted by Gasteiger charge is 2.33. The van der Waals surface area contributed by atoms with Crippen molar-refractivity contribution < 1.29 is 32.6 Å². The zero-order valence-electron chi connectivity index (χ0n) is 28.6. The zero-order valence-corrected chi connectivity index (χ0v) is 29.3. The SMILES string of the molecule is CCc1c(N2CCN(C(=O)c3ncnc(C)c3O)CC2)c(=O)n2nc(-c3cccc4c3CCCO4)nc2n1CC(=O)Nc1ccc(C(F)(F)F)cc1Cl. The quantitative estimate of drug-likeness (QED) is 0.242. The van der Waals surface area contributed by atoms with Crippen LogP contribution in [0.2, 0.25) is 5.02 Å². The Balaban J connectivity index is 1.27. The number of piperazine rings is 1. The molecule has 2 N–H and O–H groups in total. The van der Waals surface area contributed by atoms with Crippen LogP contribution in [0.3, 0.4) is 0 Å². The minimum Gasteiger partial charge on any atom is -0.504 e. The molecule has 2 amide bonds. The van der Waals surface area contributed by atoms with Crippen LogP contribution in [0.5, 0.6) is 11.5 Å². The van der Waals surface area contributed by atoms with Crippen LogP contribution in [0.4, 0.5) is 24.5 Å². The van der Waals surface area contributed by atoms with Crippen molar-refractivity contribution in [1.82, 2.24) is 34.0 Å². The van der Waals surface area contributed by atoms with Crippen molar-refractivity contribution in [2.45, 2.75) is 45.8 Å². The maximum absolute atomic E-state index is 14.4. The van der Waals surface area contributed by atoms with Crippen LogP contribution >= 0.6 is 11.6 Å². The fourth-order valence-electron chi connectivity index (χ4n) is 6.68. The average molecular weight is 752 g/mol. The Morgan fingerprint density at radius 1 is 1.09 bits per heavy atom. The third-order valence-corrected chi connectivity index (χ3v) is 9.64. The van der Waals surface area contributed by atoms with Crippen molar-refractivity contribution in [1.29, 1.82) is 0 Å². The van der Waals surface area contributed by atoms with Crippen molar-refractivity contribution in [2.24, 2.45) is 0 Å². The number of rotatable bonds is 7. The van der Waals surface area contributed by atoms with Gasteiger partial charge in [0.05, 0.1) is 34.3 Å². The van der Waals surface area contributed by atoms with Gasteiger partial charge in [-0.3, -0.25) is 14.4 Å². The van der Waals surface area contributed by atoms with Crippen LogP contribution in [-0.2, 0) is 30.4 Å². The van der Waals surface area contributed by atoms with Crippen LogP contribution in [0.15, 0.2) is 47.5 Å². The maximum Gasteiger partial charge on any atom is 0.416 e. The predicted octanol–water partition coefficient (Wildman–Crippen LogP) is 4.52. The summed E-state index contributed by atoms with van der Waals surface area (Å²) in [6.07, 6.45) is -1.64. The summed E-state index contributed by atoms with van der Waals surface area (Å²) in [5, 5.41) is 17.3. The fourth-order valence-corrected chi connectivity index (χ4v) is 6.90. The number of hydrogen-bond acceptors (Lipinski definition) is 10. The lowest BCUT2D eigenvalue weighted by molar-refractivity contribution is -0.137. The molecule has 2 aliphatic rings. The minimum atomic E-state index is -4.62. The van der Waals surface area contributed by atoms with Crippen LogP contribution in [0.25, 0.3) is 17.2 Å². The number of ether oxygens (including phenoxy) is 1. The second kappa shape index (κ2) is 14.0. The highest BCUT2D eigenvalue weighted by Crippen LogP contribution is 2.35. The average Bonchev–Trinajstić information content (AvgIpc) is 3.60. The van der Waals surface area contributed by atoms with Gasteiger partial charge in [-0.1, -0.05) is 30.7 Å². The first-order valence-corrected chi connectivity index (χ1v) is 17.2. The monoisotopic (exact) mass is 751 g/mol. The molecule has 0 spiro atoms. The number of fused-ring (bicyclic) bond motifs is 2. The Hall–Kier alpha value is -5.71. The summed E-state index contributed by atoms with van der Waals surface area (Å²) >= 11 is 6.15. The van der Waals surface area contributed by atoms with E-state index < -0.39 is 35.7 Å². The van der Waals surface area contributed by atoms with Crippen molar-refractivity contribution in [2.75, 3.05) is 43.0 Å². The van der Waals surface area contributed by atoms with E-state index in [-0.39, 0.29) is 77.7 Å². The van der Waals surface area contributed by atoms with Crippen LogP contribution < -0.4 is 20.5 Å². The van der Waals surface area contributed by atoms with Gasteiger partial charge in [0.2, 0.25) is 11.7 Å². The number of nitrogens with zero attached hydrogens (tertiary/aromatic N) is 8. The zero-order chi connectivity index (χ0) is 37.6. The molecule has 0 aliphatic carbocycles. The lowest BCUT2D eigenvalue weighted by Gasteiger charge is -2.36. The number of halogens is 4. The van der Waals surface area contributed by atoms with Crippen molar-refractivity contribution >= 4 is 40.6 Å². The van der Waals surface area contributed by atoms with Crippen molar-refractivity contribution in [3.63, 3.8) is 0 Å². The molecular weight excluding hydrogens is 719 g/mol. The van der Waals surface area contributed by atoms with E-state index in [4.69, 9.17) is 21.3 Å². The van der Waals surface area contributed by atoms with Crippen LogP contribution in [-0.4, -0.2) is 83.7 Å². The number of aryl methyl sites for hydroxylation is 1. The largest absolute Gasteiger partial charge is 0.504 e. The molecule has 2 aliphatic heterocycles. The summed E-state index contributed by atoms with van der Waals surface area (Å²) in [5.41, 5.74) is 0.955. The van der Waals surface area contributed by atoms with E-state index in [1.807, 2.05) is 30.0 Å². The van der Waals surface area contributed by atoms with E-state index in [2.05, 4.69) is 20.4 Å². The van der Waals surface area contributed by atoms with Crippen molar-refractivity contribution in [3.8, 4) is 22.9 Å². The Morgan fingerprint density at radius 3 is 2.58 bits per heavy atom. The first-order valence-electron chi connectivity index (χ1n) is 16.8. The summed E-state index contributed by atoms with van der Waals surface area (Å²) in [4.78, 5) is 57.3. The van der Waals surface area contributed by atoms with E-state index in [1.54, 1.807) is 11.5 Å². The molecule has 14 nitrogen and oxygen atoms in total. The Labute approximate surface area is 304 Å².